The molecule has 1 aromatic carbocycles. The van der Waals surface area contributed by atoms with Crippen LogP contribution >= 0.6 is 11.8 Å². The van der Waals surface area contributed by atoms with E-state index in [1.54, 1.807) is 46.4 Å². The number of allylic oxidation sites excluding steroid dienone is 1. The van der Waals surface area contributed by atoms with Gasteiger partial charge in [0.05, 0.1) is 25.3 Å². The Morgan fingerprint density at radius 1 is 1.26 bits per heavy atom. The highest BCUT2D eigenvalue weighted by atomic mass is 32.2. The molecule has 1 fully saturated rings. The number of carbonyl (C=O) groups is 1. The van der Waals surface area contributed by atoms with Crippen LogP contribution in [0.25, 0.3) is 5.57 Å². The van der Waals surface area contributed by atoms with Crippen molar-refractivity contribution in [1.29, 1.82) is 0 Å². The molecule has 2 aromatic rings. The average molecular weight is 387 g/mol. The van der Waals surface area contributed by atoms with Crippen molar-refractivity contribution < 1.29 is 18.9 Å². The predicted molar refractivity (Wildman–Crippen MR) is 102 cm³/mol. The first kappa shape index (κ1) is 18.6. The maximum atomic E-state index is 12.2. The molecule has 0 radical (unpaired) electrons. The van der Waals surface area contributed by atoms with Crippen LogP contribution in [-0.4, -0.2) is 41.8 Å². The fraction of sp³-hybridized carbons (Fsp3) is 0.235. The number of nitrogens with one attached hydrogen (secondary N) is 1. The molecule has 1 aliphatic rings. The minimum Gasteiger partial charge on any atom is -0.493 e. The molecule has 0 bridgehead atoms. The number of aromatic nitrogens is 2. The summed E-state index contributed by atoms with van der Waals surface area (Å²) in [5.74, 6) is 0.956. The lowest BCUT2D eigenvalue weighted by Crippen LogP contribution is -2.19. The second-order valence-electron chi connectivity index (χ2n) is 5.47. The Hall–Kier alpha value is -3.14. The van der Waals surface area contributed by atoms with Crippen LogP contribution in [0.3, 0.4) is 0 Å². The van der Waals surface area contributed by atoms with Crippen molar-refractivity contribution in [2.24, 2.45) is 10.2 Å². The Balaban J connectivity index is 1.77. The third-order valence-electron chi connectivity index (χ3n) is 3.74. The number of benzene rings is 1. The van der Waals surface area contributed by atoms with Gasteiger partial charge in [-0.05, 0) is 60.1 Å². The van der Waals surface area contributed by atoms with E-state index in [4.69, 9.17) is 9.47 Å². The van der Waals surface area contributed by atoms with Crippen molar-refractivity contribution in [2.45, 2.75) is 13.8 Å². The first-order valence-corrected chi connectivity index (χ1v) is 8.67. The average Bonchev–Trinajstić information content (AvgIpc) is 3.26. The number of methoxy groups -OCH3 is 2. The summed E-state index contributed by atoms with van der Waals surface area (Å²) < 4.78 is 15.1. The smallest absolute Gasteiger partial charge is 0.264 e. The third-order valence-corrected chi connectivity index (χ3v) is 4.81. The minimum absolute atomic E-state index is 0.264. The largest absolute Gasteiger partial charge is 0.493 e. The lowest BCUT2D eigenvalue weighted by molar-refractivity contribution is -0.115. The number of thioether (sulfide) groups is 1. The van der Waals surface area contributed by atoms with Gasteiger partial charge in [0, 0.05) is 0 Å². The number of ether oxygens (including phenoxy) is 2. The van der Waals surface area contributed by atoms with Gasteiger partial charge in [0.25, 0.3) is 5.91 Å². The molecular weight excluding hydrogens is 370 g/mol. The summed E-state index contributed by atoms with van der Waals surface area (Å²) in [5, 5.41) is 18.7. The fourth-order valence-corrected chi connectivity index (χ4v) is 3.19. The van der Waals surface area contributed by atoms with Crippen molar-refractivity contribution in [1.82, 2.24) is 15.6 Å². The summed E-state index contributed by atoms with van der Waals surface area (Å²) in [6.45, 7) is 3.54. The lowest BCUT2D eigenvalue weighted by Gasteiger charge is -2.07. The van der Waals surface area contributed by atoms with Crippen LogP contribution in [0.2, 0.25) is 0 Å². The second kappa shape index (κ2) is 8.04. The maximum Gasteiger partial charge on any atom is 0.264 e. The first-order chi connectivity index (χ1) is 13.0. The molecule has 1 amide bonds. The molecule has 10 heteroatoms. The van der Waals surface area contributed by atoms with E-state index in [1.165, 1.54) is 11.8 Å². The second-order valence-corrected chi connectivity index (χ2v) is 6.47. The van der Waals surface area contributed by atoms with Gasteiger partial charge < -0.3 is 9.47 Å². The number of rotatable bonds is 5. The lowest BCUT2D eigenvalue weighted by atomic mass is 10.1. The molecule has 2 heterocycles. The zero-order valence-electron chi connectivity index (χ0n) is 15.1. The standard InChI is InChI=1S/C17H17N5O4S/c1-9(14-10(2)21-26-22-14)15-16(23)19-17(27-15)20-18-8-11-5-6-12(24-3)13(7-11)25-4/h5-8H,1-4H3,(H,19,20,23)/b15-9+,18-8+. The number of carbonyl (C=O) groups excluding carboxylic acids is 1. The Morgan fingerprint density at radius 2 is 2.04 bits per heavy atom. The monoisotopic (exact) mass is 387 g/mol. The molecule has 140 valence electrons. The molecule has 0 aliphatic carbocycles. The van der Waals surface area contributed by atoms with E-state index in [0.29, 0.717) is 38.5 Å². The molecule has 27 heavy (non-hydrogen) atoms. The summed E-state index contributed by atoms with van der Waals surface area (Å²) >= 11 is 1.18. The molecule has 1 aromatic heterocycles. The molecular formula is C17H17N5O4S. The number of nitrogens with zero attached hydrogens (tertiary/aromatic N) is 4. The van der Waals surface area contributed by atoms with E-state index in [0.717, 1.165) is 5.56 Å². The van der Waals surface area contributed by atoms with Gasteiger partial charge in [-0.3, -0.25) is 10.1 Å². The van der Waals surface area contributed by atoms with E-state index >= 15 is 0 Å². The van der Waals surface area contributed by atoms with Gasteiger partial charge in [-0.25, -0.2) is 4.63 Å². The van der Waals surface area contributed by atoms with Gasteiger partial charge in [0.1, 0.15) is 11.4 Å². The van der Waals surface area contributed by atoms with Gasteiger partial charge >= 0.3 is 0 Å². The quantitative estimate of drug-likeness (QED) is 0.476. The van der Waals surface area contributed by atoms with Gasteiger partial charge in [0.15, 0.2) is 16.7 Å². The third kappa shape index (κ3) is 4.00. The van der Waals surface area contributed by atoms with Crippen LogP contribution in [-0.2, 0) is 4.79 Å². The molecule has 0 saturated carbocycles. The molecule has 0 unspecified atom stereocenters. The number of hydrogen-bond acceptors (Lipinski definition) is 9. The molecule has 1 N–H and O–H groups in total. The van der Waals surface area contributed by atoms with Crippen LogP contribution in [0.1, 0.15) is 23.9 Å². The van der Waals surface area contributed by atoms with Crippen molar-refractivity contribution in [3.8, 4) is 11.5 Å². The summed E-state index contributed by atoms with van der Waals surface area (Å²) in [4.78, 5) is 12.7. The van der Waals surface area contributed by atoms with Gasteiger partial charge in [0.2, 0.25) is 0 Å². The minimum atomic E-state index is -0.264. The molecule has 0 atom stereocenters. The van der Waals surface area contributed by atoms with Crippen LogP contribution in [0.4, 0.5) is 0 Å². The molecule has 1 aliphatic heterocycles. The summed E-state index contributed by atoms with van der Waals surface area (Å²) in [7, 11) is 3.13. The van der Waals surface area contributed by atoms with Crippen molar-refractivity contribution >= 4 is 34.6 Å². The van der Waals surface area contributed by atoms with Gasteiger partial charge in [-0.2, -0.15) is 5.10 Å². The van der Waals surface area contributed by atoms with E-state index in [1.807, 2.05) is 6.07 Å². The van der Waals surface area contributed by atoms with E-state index < -0.39 is 0 Å². The summed E-state index contributed by atoms with van der Waals surface area (Å²) in [6.07, 6.45) is 1.56. The number of aryl methyl sites for hydroxylation is 1. The Morgan fingerprint density at radius 3 is 2.70 bits per heavy atom. The molecule has 0 spiro atoms. The number of amides is 1. The predicted octanol–water partition coefficient (Wildman–Crippen LogP) is 2.38. The summed E-state index contributed by atoms with van der Waals surface area (Å²) in [5.41, 5.74) is 2.61. The fourth-order valence-electron chi connectivity index (χ4n) is 2.37. The summed E-state index contributed by atoms with van der Waals surface area (Å²) in [6, 6.07) is 5.37. The Labute approximate surface area is 159 Å². The van der Waals surface area contributed by atoms with E-state index in [2.05, 4.69) is 30.5 Å². The van der Waals surface area contributed by atoms with E-state index in [9.17, 15) is 4.79 Å². The normalized spacial score (nSPS) is 17.5. The van der Waals surface area contributed by atoms with E-state index in [-0.39, 0.29) is 5.91 Å². The highest BCUT2D eigenvalue weighted by molar-refractivity contribution is 8.18. The van der Waals surface area contributed by atoms with Crippen LogP contribution in [0.5, 0.6) is 11.5 Å². The van der Waals surface area contributed by atoms with Crippen molar-refractivity contribution in [2.75, 3.05) is 14.2 Å². The number of hydrogen-bond donors (Lipinski definition) is 1. The zero-order valence-corrected chi connectivity index (χ0v) is 16.0. The van der Waals surface area contributed by atoms with Gasteiger partial charge in [-0.15, -0.1) is 5.10 Å². The zero-order chi connectivity index (χ0) is 19.4. The highest BCUT2D eigenvalue weighted by Crippen LogP contribution is 2.32. The number of amidine groups is 1. The highest BCUT2D eigenvalue weighted by Gasteiger charge is 2.28. The van der Waals surface area contributed by atoms with Crippen LogP contribution < -0.4 is 14.8 Å². The van der Waals surface area contributed by atoms with Crippen molar-refractivity contribution in [3.05, 3.63) is 40.1 Å². The Kier molecular flexibility index (Phi) is 5.55. The van der Waals surface area contributed by atoms with Crippen LogP contribution in [0.15, 0.2) is 37.9 Å². The first-order valence-electron chi connectivity index (χ1n) is 7.86. The molecule has 1 saturated heterocycles. The topological polar surface area (TPSA) is 111 Å². The maximum absolute atomic E-state index is 12.2. The van der Waals surface area contributed by atoms with Gasteiger partial charge in [-0.1, -0.05) is 5.16 Å². The van der Waals surface area contributed by atoms with Crippen molar-refractivity contribution in [3.63, 3.8) is 0 Å². The van der Waals surface area contributed by atoms with Crippen LogP contribution in [0, 0.1) is 6.92 Å². The molecule has 3 rings (SSSR count). The SMILES string of the molecule is COc1ccc(/C=N/N=C2\NC(=O)/C(=C(/C)c3nonc3C)S2)cc1OC. The Bertz CT molecular complexity index is 964. The molecule has 9 nitrogen and oxygen atoms in total.